The topological polar surface area (TPSA) is 48.1 Å². The first-order chi connectivity index (χ1) is 6.29. The van der Waals surface area contributed by atoms with Gasteiger partial charge in [0.1, 0.15) is 0 Å². The fraction of sp³-hybridized carbons (Fsp3) is 0.444. The van der Waals surface area contributed by atoms with E-state index in [0.717, 1.165) is 13.2 Å². The van der Waals surface area contributed by atoms with Crippen molar-refractivity contribution in [1.29, 1.82) is 0 Å². The van der Waals surface area contributed by atoms with Gasteiger partial charge < -0.3 is 10.5 Å². The fourth-order valence-electron chi connectivity index (χ4n) is 0.939. The maximum Gasteiger partial charge on any atom is 0.0609 e. The molecule has 0 aromatic carbocycles. The largest absolute Gasteiger partial charge is 0.397 e. The Morgan fingerprint density at radius 3 is 2.31 bits per heavy atom. The van der Waals surface area contributed by atoms with E-state index in [0.29, 0.717) is 10.7 Å². The number of nitrogens with two attached hydrogens (primary N) is 1. The molecule has 2 heterocycles. The highest BCUT2D eigenvalue weighted by Crippen LogP contribution is 2.08. The molecule has 0 bridgehead atoms. The molecular weight excluding hydrogens is 188 g/mol. The van der Waals surface area contributed by atoms with Crippen LogP contribution >= 0.6 is 11.6 Å². The molecule has 2 N–H and O–H groups in total. The summed E-state index contributed by atoms with van der Waals surface area (Å²) in [5.74, 6) is 0. The summed E-state index contributed by atoms with van der Waals surface area (Å²) in [6, 6.07) is 1.65. The van der Waals surface area contributed by atoms with Crippen molar-refractivity contribution in [1.82, 2.24) is 4.98 Å². The van der Waals surface area contributed by atoms with Crippen molar-refractivity contribution in [3.63, 3.8) is 0 Å². The monoisotopic (exact) mass is 200 g/mol. The minimum absolute atomic E-state index is 0.574. The van der Waals surface area contributed by atoms with Crippen molar-refractivity contribution < 1.29 is 4.74 Å². The van der Waals surface area contributed by atoms with E-state index in [-0.39, 0.29) is 0 Å². The standard InChI is InChI=1S/C5H5ClN2.C4H8O/c6-4-1-5(7)3-8-2-4;1-2-4-5-3-1/h1-3H,7H2;1-4H2. The van der Waals surface area contributed by atoms with Crippen LogP contribution in [0.15, 0.2) is 18.5 Å². The summed E-state index contributed by atoms with van der Waals surface area (Å²) in [4.78, 5) is 3.73. The van der Waals surface area contributed by atoms with E-state index in [1.165, 1.54) is 19.0 Å². The smallest absolute Gasteiger partial charge is 0.0609 e. The molecule has 1 fully saturated rings. The van der Waals surface area contributed by atoms with Gasteiger partial charge in [-0.3, -0.25) is 4.98 Å². The number of hydrogen-bond donors (Lipinski definition) is 1. The first kappa shape index (κ1) is 10.3. The van der Waals surface area contributed by atoms with Crippen LogP contribution in [0, 0.1) is 0 Å². The molecule has 2 rings (SSSR count). The maximum atomic E-state index is 5.50. The molecule has 0 spiro atoms. The van der Waals surface area contributed by atoms with Crippen LogP contribution in [0.4, 0.5) is 5.69 Å². The van der Waals surface area contributed by atoms with E-state index in [9.17, 15) is 0 Å². The van der Waals surface area contributed by atoms with Gasteiger partial charge in [-0.1, -0.05) is 11.6 Å². The van der Waals surface area contributed by atoms with Crippen molar-refractivity contribution in [2.24, 2.45) is 0 Å². The van der Waals surface area contributed by atoms with E-state index in [1.807, 2.05) is 0 Å². The number of aromatic nitrogens is 1. The molecule has 0 saturated carbocycles. The summed E-state index contributed by atoms with van der Waals surface area (Å²) in [6.07, 6.45) is 5.64. The number of ether oxygens (including phenoxy) is 1. The third-order valence-electron chi connectivity index (χ3n) is 1.55. The second-order valence-corrected chi connectivity index (χ2v) is 3.19. The van der Waals surface area contributed by atoms with E-state index < -0.39 is 0 Å². The van der Waals surface area contributed by atoms with E-state index in [4.69, 9.17) is 22.1 Å². The quantitative estimate of drug-likeness (QED) is 0.698. The van der Waals surface area contributed by atoms with Gasteiger partial charge in [0.05, 0.1) is 10.7 Å². The molecule has 0 unspecified atom stereocenters. The molecule has 4 heteroatoms. The Morgan fingerprint density at radius 2 is 2.00 bits per heavy atom. The average Bonchev–Trinajstić information content (AvgIpc) is 2.59. The minimum atomic E-state index is 0.574. The zero-order valence-electron chi connectivity index (χ0n) is 7.37. The lowest BCUT2D eigenvalue weighted by molar-refractivity contribution is 0.198. The Kier molecular flexibility index (Phi) is 4.57. The minimum Gasteiger partial charge on any atom is -0.397 e. The maximum absolute atomic E-state index is 5.50. The molecule has 1 aromatic heterocycles. The van der Waals surface area contributed by atoms with Gasteiger partial charge in [0.15, 0.2) is 0 Å². The highest BCUT2D eigenvalue weighted by molar-refractivity contribution is 6.30. The van der Waals surface area contributed by atoms with Gasteiger partial charge in [-0.25, -0.2) is 0 Å². The lowest BCUT2D eigenvalue weighted by atomic mass is 10.4. The van der Waals surface area contributed by atoms with Crippen LogP contribution in [0.3, 0.4) is 0 Å². The van der Waals surface area contributed by atoms with Crippen LogP contribution in [0.1, 0.15) is 12.8 Å². The molecule has 1 aliphatic rings. The molecule has 3 nitrogen and oxygen atoms in total. The van der Waals surface area contributed by atoms with E-state index in [2.05, 4.69) is 4.98 Å². The van der Waals surface area contributed by atoms with Crippen LogP contribution in [-0.4, -0.2) is 18.2 Å². The third kappa shape index (κ3) is 4.70. The highest BCUT2D eigenvalue weighted by Gasteiger charge is 1.94. The van der Waals surface area contributed by atoms with Crippen LogP contribution < -0.4 is 5.73 Å². The van der Waals surface area contributed by atoms with Crippen molar-refractivity contribution in [2.75, 3.05) is 18.9 Å². The number of pyridine rings is 1. The number of hydrogen-bond acceptors (Lipinski definition) is 3. The third-order valence-corrected chi connectivity index (χ3v) is 1.76. The van der Waals surface area contributed by atoms with Crippen LogP contribution in [-0.2, 0) is 4.74 Å². The van der Waals surface area contributed by atoms with Gasteiger partial charge in [0.25, 0.3) is 0 Å². The Balaban J connectivity index is 0.000000145. The predicted molar refractivity (Wildman–Crippen MR) is 53.7 cm³/mol. The molecule has 0 amide bonds. The molecule has 1 aliphatic heterocycles. The van der Waals surface area contributed by atoms with Crippen LogP contribution in [0.2, 0.25) is 5.02 Å². The first-order valence-corrected chi connectivity index (χ1v) is 4.60. The molecule has 1 saturated heterocycles. The lowest BCUT2D eigenvalue weighted by Gasteiger charge is -1.88. The molecule has 0 aliphatic carbocycles. The fourth-order valence-corrected chi connectivity index (χ4v) is 1.12. The van der Waals surface area contributed by atoms with Crippen molar-refractivity contribution in [2.45, 2.75) is 12.8 Å². The Labute approximate surface area is 82.9 Å². The SMILES string of the molecule is C1CCOC1.Nc1cncc(Cl)c1. The van der Waals surface area contributed by atoms with Gasteiger partial charge in [-0.05, 0) is 18.9 Å². The summed E-state index contributed by atoms with van der Waals surface area (Å²) in [6.45, 7) is 2.00. The summed E-state index contributed by atoms with van der Waals surface area (Å²) >= 11 is 5.50. The van der Waals surface area contributed by atoms with Crippen molar-refractivity contribution in [3.8, 4) is 0 Å². The van der Waals surface area contributed by atoms with Gasteiger partial charge in [-0.15, -0.1) is 0 Å². The Morgan fingerprint density at radius 1 is 1.31 bits per heavy atom. The number of anilines is 1. The van der Waals surface area contributed by atoms with Gasteiger partial charge in [0.2, 0.25) is 0 Å². The van der Waals surface area contributed by atoms with Crippen LogP contribution in [0.25, 0.3) is 0 Å². The van der Waals surface area contributed by atoms with Gasteiger partial charge >= 0.3 is 0 Å². The molecule has 72 valence electrons. The molecule has 0 atom stereocenters. The van der Waals surface area contributed by atoms with Gasteiger partial charge in [-0.2, -0.15) is 0 Å². The Hall–Kier alpha value is -0.800. The van der Waals surface area contributed by atoms with Gasteiger partial charge in [0, 0.05) is 25.6 Å². The molecule has 13 heavy (non-hydrogen) atoms. The summed E-state index contributed by atoms with van der Waals surface area (Å²) < 4.78 is 4.94. The second-order valence-electron chi connectivity index (χ2n) is 2.76. The zero-order chi connectivity index (χ0) is 9.52. The normalized spacial score (nSPS) is 14.8. The predicted octanol–water partition coefficient (Wildman–Crippen LogP) is 2.11. The summed E-state index contributed by atoms with van der Waals surface area (Å²) in [5, 5.41) is 0.574. The van der Waals surface area contributed by atoms with Crippen molar-refractivity contribution >= 4 is 17.3 Å². The first-order valence-electron chi connectivity index (χ1n) is 4.23. The summed E-state index contributed by atoms with van der Waals surface area (Å²) in [7, 11) is 0. The number of nitrogens with zero attached hydrogens (tertiary/aromatic N) is 1. The number of halogens is 1. The Bertz CT molecular complexity index is 226. The zero-order valence-corrected chi connectivity index (χ0v) is 8.13. The number of rotatable bonds is 0. The molecule has 0 radical (unpaired) electrons. The highest BCUT2D eigenvalue weighted by atomic mass is 35.5. The van der Waals surface area contributed by atoms with Crippen molar-refractivity contribution in [3.05, 3.63) is 23.5 Å². The number of nitrogen functional groups attached to an aromatic ring is 1. The molecular formula is C9H13ClN2O. The summed E-state index contributed by atoms with van der Waals surface area (Å²) in [5.41, 5.74) is 5.91. The average molecular weight is 201 g/mol. The molecule has 1 aromatic rings. The van der Waals surface area contributed by atoms with Crippen LogP contribution in [0.5, 0.6) is 0 Å². The van der Waals surface area contributed by atoms with E-state index in [1.54, 1.807) is 12.3 Å². The van der Waals surface area contributed by atoms with E-state index >= 15 is 0 Å². The second kappa shape index (κ2) is 5.78. The lowest BCUT2D eigenvalue weighted by Crippen LogP contribution is -1.83.